The highest BCUT2D eigenvalue weighted by molar-refractivity contribution is 7.10. The van der Waals surface area contributed by atoms with Gasteiger partial charge in [-0.25, -0.2) is 9.78 Å². The Hall–Kier alpha value is -1.88. The third-order valence-electron chi connectivity index (χ3n) is 3.11. The zero-order valence-electron chi connectivity index (χ0n) is 12.5. The molecule has 0 aliphatic carbocycles. The third kappa shape index (κ3) is 3.82. The minimum absolute atomic E-state index is 0.119. The summed E-state index contributed by atoms with van der Waals surface area (Å²) in [6, 6.07) is 7.72. The van der Waals surface area contributed by atoms with Gasteiger partial charge in [0.2, 0.25) is 0 Å². The second-order valence-corrected chi connectivity index (χ2v) is 5.98. The molecule has 2 heterocycles. The normalized spacial score (nSPS) is 12.2. The number of nitrogens with one attached hydrogen (secondary N) is 1. The van der Waals surface area contributed by atoms with Gasteiger partial charge < -0.3 is 10.1 Å². The van der Waals surface area contributed by atoms with Crippen LogP contribution in [0.15, 0.2) is 35.8 Å². The fraction of sp³-hybridized carbons (Fsp3) is 0.375. The van der Waals surface area contributed by atoms with Crippen molar-refractivity contribution in [3.8, 4) is 0 Å². The van der Waals surface area contributed by atoms with Crippen LogP contribution in [-0.4, -0.2) is 17.6 Å². The van der Waals surface area contributed by atoms with Crippen molar-refractivity contribution in [2.45, 2.75) is 26.8 Å². The minimum Gasteiger partial charge on any atom is -0.462 e. The van der Waals surface area contributed by atoms with E-state index in [2.05, 4.69) is 35.6 Å². The van der Waals surface area contributed by atoms with Gasteiger partial charge >= 0.3 is 5.97 Å². The molecule has 21 heavy (non-hydrogen) atoms. The molecule has 5 heteroatoms. The summed E-state index contributed by atoms with van der Waals surface area (Å²) >= 11 is 1.70. The number of aromatic nitrogens is 1. The number of anilines is 1. The summed E-state index contributed by atoms with van der Waals surface area (Å²) in [7, 11) is 0. The van der Waals surface area contributed by atoms with Crippen molar-refractivity contribution >= 4 is 23.1 Å². The SMILES string of the molecule is CCOC(=O)c1cccnc1NC(c1cccs1)C(C)C. The number of ether oxygens (including phenoxy) is 1. The molecular weight excluding hydrogens is 284 g/mol. The molecular formula is C16H20N2O2S. The van der Waals surface area contributed by atoms with Crippen molar-refractivity contribution in [2.75, 3.05) is 11.9 Å². The Labute approximate surface area is 129 Å². The Morgan fingerprint density at radius 3 is 2.81 bits per heavy atom. The van der Waals surface area contributed by atoms with Gasteiger partial charge in [-0.3, -0.25) is 0 Å². The molecule has 0 saturated heterocycles. The standard InChI is InChI=1S/C16H20N2O2S/c1-4-20-16(19)12-7-5-9-17-15(12)18-14(11(2)3)13-8-6-10-21-13/h5-11,14H,4H2,1-3H3,(H,17,18). The monoisotopic (exact) mass is 304 g/mol. The average molecular weight is 304 g/mol. The summed E-state index contributed by atoms with van der Waals surface area (Å²) < 4.78 is 5.09. The Kier molecular flexibility index (Phi) is 5.33. The highest BCUT2D eigenvalue weighted by Gasteiger charge is 2.21. The van der Waals surface area contributed by atoms with Crippen LogP contribution in [0.2, 0.25) is 0 Å². The number of nitrogens with zero attached hydrogens (tertiary/aromatic N) is 1. The lowest BCUT2D eigenvalue weighted by molar-refractivity contribution is 0.0527. The van der Waals surface area contributed by atoms with Crippen LogP contribution in [0.25, 0.3) is 0 Å². The third-order valence-corrected chi connectivity index (χ3v) is 4.07. The van der Waals surface area contributed by atoms with Gasteiger partial charge in [0.1, 0.15) is 11.4 Å². The summed E-state index contributed by atoms with van der Waals surface area (Å²) in [6.07, 6.45) is 1.68. The van der Waals surface area contributed by atoms with Gasteiger partial charge in [-0.1, -0.05) is 19.9 Å². The molecule has 0 aromatic carbocycles. The molecule has 0 fully saturated rings. The first-order valence-corrected chi connectivity index (χ1v) is 7.93. The summed E-state index contributed by atoms with van der Waals surface area (Å²) in [4.78, 5) is 17.5. The Morgan fingerprint density at radius 1 is 1.38 bits per heavy atom. The maximum atomic E-state index is 12.0. The van der Waals surface area contributed by atoms with E-state index in [1.54, 1.807) is 36.6 Å². The minimum atomic E-state index is -0.346. The molecule has 0 saturated carbocycles. The van der Waals surface area contributed by atoms with Gasteiger partial charge in [-0.05, 0) is 36.4 Å². The van der Waals surface area contributed by atoms with E-state index in [0.29, 0.717) is 23.9 Å². The molecule has 1 unspecified atom stereocenters. The van der Waals surface area contributed by atoms with Gasteiger partial charge in [0.15, 0.2) is 0 Å². The topological polar surface area (TPSA) is 51.2 Å². The first-order chi connectivity index (χ1) is 10.1. The molecule has 1 N–H and O–H groups in total. The second-order valence-electron chi connectivity index (χ2n) is 5.00. The number of hydrogen-bond donors (Lipinski definition) is 1. The highest BCUT2D eigenvalue weighted by Crippen LogP contribution is 2.30. The molecule has 0 radical (unpaired) electrons. The van der Waals surface area contributed by atoms with Crippen LogP contribution in [0.4, 0.5) is 5.82 Å². The molecule has 112 valence electrons. The zero-order valence-corrected chi connectivity index (χ0v) is 13.3. The van der Waals surface area contributed by atoms with E-state index in [1.807, 2.05) is 6.07 Å². The van der Waals surface area contributed by atoms with E-state index in [-0.39, 0.29) is 12.0 Å². The van der Waals surface area contributed by atoms with Gasteiger partial charge in [-0.15, -0.1) is 11.3 Å². The zero-order chi connectivity index (χ0) is 15.2. The number of carbonyl (C=O) groups is 1. The molecule has 0 amide bonds. The smallest absolute Gasteiger partial charge is 0.341 e. The molecule has 1 atom stereocenters. The summed E-state index contributed by atoms with van der Waals surface area (Å²) in [5, 5.41) is 5.44. The Bertz CT molecular complexity index is 582. The van der Waals surface area contributed by atoms with E-state index in [9.17, 15) is 4.79 Å². The van der Waals surface area contributed by atoms with Crippen molar-refractivity contribution in [3.05, 3.63) is 46.3 Å². The van der Waals surface area contributed by atoms with Crippen LogP contribution < -0.4 is 5.32 Å². The summed E-state index contributed by atoms with van der Waals surface area (Å²) in [6.45, 7) is 6.43. The van der Waals surface area contributed by atoms with Gasteiger partial charge in [0.05, 0.1) is 12.6 Å². The molecule has 4 nitrogen and oxygen atoms in total. The largest absolute Gasteiger partial charge is 0.462 e. The fourth-order valence-corrected chi connectivity index (χ4v) is 3.02. The second kappa shape index (κ2) is 7.22. The fourth-order valence-electron chi connectivity index (χ4n) is 2.08. The number of carbonyl (C=O) groups excluding carboxylic acids is 1. The van der Waals surface area contributed by atoms with Crippen molar-refractivity contribution in [3.63, 3.8) is 0 Å². The number of rotatable bonds is 6. The van der Waals surface area contributed by atoms with Crippen LogP contribution in [0.1, 0.15) is 42.0 Å². The van der Waals surface area contributed by atoms with E-state index < -0.39 is 0 Å². The number of hydrogen-bond acceptors (Lipinski definition) is 5. The van der Waals surface area contributed by atoms with Crippen molar-refractivity contribution in [1.82, 2.24) is 4.98 Å². The molecule has 0 spiro atoms. The molecule has 2 aromatic heterocycles. The van der Waals surface area contributed by atoms with Gasteiger partial charge in [0.25, 0.3) is 0 Å². The van der Waals surface area contributed by atoms with Crippen LogP contribution >= 0.6 is 11.3 Å². The molecule has 0 aliphatic heterocycles. The Morgan fingerprint density at radius 2 is 2.19 bits per heavy atom. The van der Waals surface area contributed by atoms with E-state index in [1.165, 1.54) is 4.88 Å². The van der Waals surface area contributed by atoms with Crippen molar-refractivity contribution in [2.24, 2.45) is 5.92 Å². The predicted molar refractivity (Wildman–Crippen MR) is 85.7 cm³/mol. The van der Waals surface area contributed by atoms with Crippen LogP contribution in [0, 0.1) is 5.92 Å². The number of pyridine rings is 1. The van der Waals surface area contributed by atoms with Gasteiger partial charge in [-0.2, -0.15) is 0 Å². The number of thiophene rings is 1. The van der Waals surface area contributed by atoms with E-state index in [0.717, 1.165) is 0 Å². The predicted octanol–water partition coefficient (Wildman–Crippen LogP) is 4.13. The number of esters is 1. The first kappa shape index (κ1) is 15.5. The molecule has 2 rings (SSSR count). The van der Waals surface area contributed by atoms with Crippen molar-refractivity contribution < 1.29 is 9.53 Å². The quantitative estimate of drug-likeness (QED) is 0.815. The maximum absolute atomic E-state index is 12.0. The van der Waals surface area contributed by atoms with Crippen molar-refractivity contribution in [1.29, 1.82) is 0 Å². The Balaban J connectivity index is 2.27. The molecule has 2 aromatic rings. The summed E-state index contributed by atoms with van der Waals surface area (Å²) in [5.41, 5.74) is 0.474. The van der Waals surface area contributed by atoms with Gasteiger partial charge in [0, 0.05) is 11.1 Å². The van der Waals surface area contributed by atoms with Crippen LogP contribution in [0.3, 0.4) is 0 Å². The maximum Gasteiger partial charge on any atom is 0.341 e. The lowest BCUT2D eigenvalue weighted by atomic mass is 10.0. The van der Waals surface area contributed by atoms with Crippen LogP contribution in [0.5, 0.6) is 0 Å². The lowest BCUT2D eigenvalue weighted by Crippen LogP contribution is -2.19. The first-order valence-electron chi connectivity index (χ1n) is 7.05. The molecule has 0 aliphatic rings. The molecule has 0 bridgehead atoms. The van der Waals surface area contributed by atoms with E-state index >= 15 is 0 Å². The van der Waals surface area contributed by atoms with Crippen LogP contribution in [-0.2, 0) is 4.74 Å². The highest BCUT2D eigenvalue weighted by atomic mass is 32.1. The average Bonchev–Trinajstić information content (AvgIpc) is 2.99. The lowest BCUT2D eigenvalue weighted by Gasteiger charge is -2.22. The summed E-state index contributed by atoms with van der Waals surface area (Å²) in [5.74, 6) is 0.602. The van der Waals surface area contributed by atoms with E-state index in [4.69, 9.17) is 4.74 Å².